The number of aliphatic hydroxyl groups excluding tert-OH is 1. The lowest BCUT2D eigenvalue weighted by molar-refractivity contribution is -0.137. The minimum atomic E-state index is -0.698. The van der Waals surface area contributed by atoms with Gasteiger partial charge in [-0.1, -0.05) is 45.1 Å². The molecule has 1 rings (SSSR count). The maximum absolute atomic E-state index is 10.4. The van der Waals surface area contributed by atoms with Crippen LogP contribution in [0.1, 0.15) is 74.5 Å². The molecule has 0 aliphatic carbocycles. The van der Waals surface area contributed by atoms with Gasteiger partial charge in [-0.05, 0) is 43.9 Å². The highest BCUT2D eigenvalue weighted by atomic mass is 32.1. The van der Waals surface area contributed by atoms with Crippen LogP contribution >= 0.6 is 11.3 Å². The normalized spacial score (nSPS) is 12.8. The van der Waals surface area contributed by atoms with Gasteiger partial charge in [-0.15, -0.1) is 11.3 Å². The maximum Gasteiger partial charge on any atom is 0.303 e. The minimum Gasteiger partial charge on any atom is -0.481 e. The molecule has 1 aromatic heterocycles. The first-order chi connectivity index (χ1) is 11.1. The molecule has 0 spiro atoms. The van der Waals surface area contributed by atoms with E-state index in [1.54, 1.807) is 11.3 Å². The highest BCUT2D eigenvalue weighted by molar-refractivity contribution is 7.12. The van der Waals surface area contributed by atoms with Crippen LogP contribution in [-0.2, 0) is 11.2 Å². The van der Waals surface area contributed by atoms with Crippen molar-refractivity contribution >= 4 is 23.4 Å². The van der Waals surface area contributed by atoms with E-state index in [-0.39, 0.29) is 12.5 Å². The van der Waals surface area contributed by atoms with Gasteiger partial charge in [-0.2, -0.15) is 0 Å². The van der Waals surface area contributed by atoms with Gasteiger partial charge in [0.2, 0.25) is 0 Å². The summed E-state index contributed by atoms with van der Waals surface area (Å²) in [7, 11) is 0. The zero-order chi connectivity index (χ0) is 16.9. The topological polar surface area (TPSA) is 57.5 Å². The molecule has 0 aromatic carbocycles. The van der Waals surface area contributed by atoms with Gasteiger partial charge < -0.3 is 10.2 Å². The first kappa shape index (κ1) is 19.9. The first-order valence-corrected chi connectivity index (χ1v) is 9.60. The molecule has 2 N–H and O–H groups in total. The van der Waals surface area contributed by atoms with E-state index < -0.39 is 5.97 Å². The van der Waals surface area contributed by atoms with Crippen LogP contribution in [0.15, 0.2) is 18.2 Å². The summed E-state index contributed by atoms with van der Waals surface area (Å²) in [5.74, 6) is -0.698. The van der Waals surface area contributed by atoms with Crippen LogP contribution in [0.25, 0.3) is 6.08 Å². The predicted octanol–water partition coefficient (Wildman–Crippen LogP) is 5.28. The largest absolute Gasteiger partial charge is 0.481 e. The molecule has 0 saturated heterocycles. The van der Waals surface area contributed by atoms with E-state index in [1.165, 1.54) is 22.6 Å². The van der Waals surface area contributed by atoms with E-state index in [0.29, 0.717) is 0 Å². The second-order valence-electron chi connectivity index (χ2n) is 6.03. The quantitative estimate of drug-likeness (QED) is 0.481. The number of rotatable bonds is 13. The molecule has 1 atom stereocenters. The molecule has 0 saturated carbocycles. The molecule has 1 heterocycles. The summed E-state index contributed by atoms with van der Waals surface area (Å²) < 4.78 is 0. The van der Waals surface area contributed by atoms with E-state index in [1.807, 2.05) is 12.2 Å². The second-order valence-corrected chi connectivity index (χ2v) is 7.23. The molecular formula is C19H30O3S. The summed E-state index contributed by atoms with van der Waals surface area (Å²) in [5, 5.41) is 18.5. The van der Waals surface area contributed by atoms with Gasteiger partial charge in [-0.3, -0.25) is 4.79 Å². The van der Waals surface area contributed by atoms with Crippen molar-refractivity contribution < 1.29 is 15.0 Å². The average molecular weight is 339 g/mol. The van der Waals surface area contributed by atoms with Crippen LogP contribution in [0.5, 0.6) is 0 Å². The van der Waals surface area contributed by atoms with Crippen LogP contribution in [0.2, 0.25) is 0 Å². The molecule has 0 aliphatic heterocycles. The fourth-order valence-electron chi connectivity index (χ4n) is 2.45. The van der Waals surface area contributed by atoms with Gasteiger partial charge in [0, 0.05) is 16.2 Å². The summed E-state index contributed by atoms with van der Waals surface area (Å²) in [6, 6.07) is 4.27. The number of aryl methyl sites for hydroxylation is 1. The summed E-state index contributed by atoms with van der Waals surface area (Å²) in [5.41, 5.74) is 0. The fraction of sp³-hybridized carbons (Fsp3) is 0.632. The summed E-state index contributed by atoms with van der Waals surface area (Å²) in [4.78, 5) is 13.0. The van der Waals surface area contributed by atoms with E-state index in [9.17, 15) is 9.90 Å². The zero-order valence-corrected chi connectivity index (χ0v) is 15.0. The number of thiophene rings is 1. The number of aliphatic hydroxyl groups is 1. The Hall–Kier alpha value is -1.13. The van der Waals surface area contributed by atoms with Crippen LogP contribution in [0, 0.1) is 0 Å². The lowest BCUT2D eigenvalue weighted by Crippen LogP contribution is -2.00. The molecule has 0 amide bonds. The van der Waals surface area contributed by atoms with E-state index in [0.717, 1.165) is 44.9 Å². The molecule has 1 unspecified atom stereocenters. The smallest absolute Gasteiger partial charge is 0.303 e. The monoisotopic (exact) mass is 338 g/mol. The summed E-state index contributed by atoms with van der Waals surface area (Å²) in [6.07, 6.45) is 13.2. The minimum absolute atomic E-state index is 0.286. The molecule has 1 aromatic rings. The number of carboxylic acid groups (broad SMARTS) is 1. The molecule has 0 bridgehead atoms. The van der Waals surface area contributed by atoms with Crippen LogP contribution in [0.4, 0.5) is 0 Å². The molecule has 0 fully saturated rings. The van der Waals surface area contributed by atoms with Gasteiger partial charge in [0.15, 0.2) is 0 Å². The number of unbranched alkanes of at least 4 members (excludes halogenated alkanes) is 5. The Bertz CT molecular complexity index is 465. The van der Waals surface area contributed by atoms with Crippen molar-refractivity contribution in [2.45, 2.75) is 77.2 Å². The Labute approximate surface area is 144 Å². The van der Waals surface area contributed by atoms with Gasteiger partial charge in [-0.25, -0.2) is 0 Å². The van der Waals surface area contributed by atoms with Gasteiger partial charge >= 0.3 is 5.97 Å². The average Bonchev–Trinajstić information content (AvgIpc) is 2.96. The van der Waals surface area contributed by atoms with Crippen molar-refractivity contribution in [1.29, 1.82) is 0 Å². The van der Waals surface area contributed by atoms with Crippen LogP contribution in [-0.4, -0.2) is 22.3 Å². The molecule has 130 valence electrons. The van der Waals surface area contributed by atoms with Crippen LogP contribution < -0.4 is 0 Å². The molecule has 3 nitrogen and oxygen atoms in total. The second kappa shape index (κ2) is 12.3. The predicted molar refractivity (Wildman–Crippen MR) is 97.9 cm³/mol. The molecule has 23 heavy (non-hydrogen) atoms. The lowest BCUT2D eigenvalue weighted by Gasteiger charge is -2.03. The standard InChI is InChI=1S/C19H30O3S/c1-2-3-6-9-16(20)12-13-18-15-14-17(23-18)10-7-4-5-8-11-19(21)22/h12-16,20H,2-11H2,1H3,(H,21,22)/b13-12+. The third-order valence-corrected chi connectivity index (χ3v) is 4.94. The number of hydrogen-bond donors (Lipinski definition) is 2. The van der Waals surface area contributed by atoms with Gasteiger partial charge in [0.25, 0.3) is 0 Å². The Morgan fingerprint density at radius 3 is 2.70 bits per heavy atom. The van der Waals surface area contributed by atoms with E-state index in [4.69, 9.17) is 5.11 Å². The van der Waals surface area contributed by atoms with Crippen molar-refractivity contribution in [3.8, 4) is 0 Å². The number of carboxylic acids is 1. The van der Waals surface area contributed by atoms with Crippen molar-refractivity contribution in [3.63, 3.8) is 0 Å². The Morgan fingerprint density at radius 1 is 1.17 bits per heavy atom. The third-order valence-electron chi connectivity index (χ3n) is 3.83. The molecule has 0 radical (unpaired) electrons. The van der Waals surface area contributed by atoms with Crippen molar-refractivity contribution in [2.75, 3.05) is 0 Å². The van der Waals surface area contributed by atoms with E-state index in [2.05, 4.69) is 19.1 Å². The highest BCUT2D eigenvalue weighted by Gasteiger charge is 2.01. The number of carbonyl (C=O) groups is 1. The maximum atomic E-state index is 10.4. The fourth-order valence-corrected chi connectivity index (χ4v) is 3.42. The lowest BCUT2D eigenvalue weighted by atomic mass is 10.1. The third kappa shape index (κ3) is 10.3. The Balaban J connectivity index is 2.19. The number of aliphatic carboxylic acids is 1. The highest BCUT2D eigenvalue weighted by Crippen LogP contribution is 2.21. The van der Waals surface area contributed by atoms with Crippen molar-refractivity contribution in [3.05, 3.63) is 28.0 Å². The van der Waals surface area contributed by atoms with Crippen molar-refractivity contribution in [2.24, 2.45) is 0 Å². The Kier molecular flexibility index (Phi) is 10.7. The summed E-state index contributed by atoms with van der Waals surface area (Å²) in [6.45, 7) is 2.17. The van der Waals surface area contributed by atoms with Gasteiger partial charge in [0.1, 0.15) is 0 Å². The Morgan fingerprint density at radius 2 is 1.96 bits per heavy atom. The van der Waals surface area contributed by atoms with Crippen molar-refractivity contribution in [1.82, 2.24) is 0 Å². The molecule has 4 heteroatoms. The molecular weight excluding hydrogens is 308 g/mol. The SMILES string of the molecule is CCCCCC(O)/C=C/c1ccc(CCCCCCC(=O)O)s1. The van der Waals surface area contributed by atoms with Crippen LogP contribution in [0.3, 0.4) is 0 Å². The molecule has 0 aliphatic rings. The first-order valence-electron chi connectivity index (χ1n) is 8.78. The van der Waals surface area contributed by atoms with E-state index >= 15 is 0 Å². The zero-order valence-electron chi connectivity index (χ0n) is 14.2. The summed E-state index contributed by atoms with van der Waals surface area (Å²) >= 11 is 1.78. The number of hydrogen-bond acceptors (Lipinski definition) is 3. The van der Waals surface area contributed by atoms with Gasteiger partial charge in [0.05, 0.1) is 6.10 Å².